The summed E-state index contributed by atoms with van der Waals surface area (Å²) in [4.78, 5) is 11.5. The second-order valence-electron chi connectivity index (χ2n) is 5.14. The summed E-state index contributed by atoms with van der Waals surface area (Å²) in [5.74, 6) is -0.502. The number of hydrogen-bond donors (Lipinski definition) is 2. The highest BCUT2D eigenvalue weighted by Gasteiger charge is 2.13. The van der Waals surface area contributed by atoms with Crippen molar-refractivity contribution >= 4 is 11.6 Å². The number of carbonyl (C=O) groups is 1. The molecule has 0 saturated heterocycles. The SMILES string of the molecule is Cc1ccc(F)c(NCC(=O)NC(C)(C)C)c1. The minimum Gasteiger partial charge on any atom is -0.374 e. The van der Waals surface area contributed by atoms with Gasteiger partial charge in [-0.3, -0.25) is 4.79 Å². The molecule has 1 aromatic rings. The van der Waals surface area contributed by atoms with Gasteiger partial charge in [-0.15, -0.1) is 0 Å². The van der Waals surface area contributed by atoms with E-state index in [4.69, 9.17) is 0 Å². The van der Waals surface area contributed by atoms with Crippen LogP contribution in [0.15, 0.2) is 18.2 Å². The van der Waals surface area contributed by atoms with Gasteiger partial charge >= 0.3 is 0 Å². The van der Waals surface area contributed by atoms with Crippen molar-refractivity contribution in [3.63, 3.8) is 0 Å². The molecule has 4 heteroatoms. The van der Waals surface area contributed by atoms with Crippen LogP contribution in [0.5, 0.6) is 0 Å². The standard InChI is InChI=1S/C13H19FN2O/c1-9-5-6-10(14)11(7-9)15-8-12(17)16-13(2,3)4/h5-7,15H,8H2,1-4H3,(H,16,17). The zero-order chi connectivity index (χ0) is 13.1. The predicted molar refractivity (Wildman–Crippen MR) is 67.5 cm³/mol. The van der Waals surface area contributed by atoms with E-state index in [0.29, 0.717) is 5.69 Å². The Hall–Kier alpha value is -1.58. The van der Waals surface area contributed by atoms with Gasteiger partial charge in [0, 0.05) is 5.54 Å². The van der Waals surface area contributed by atoms with Gasteiger partial charge in [-0.2, -0.15) is 0 Å². The molecular weight excluding hydrogens is 219 g/mol. The lowest BCUT2D eigenvalue weighted by Crippen LogP contribution is -2.43. The Morgan fingerprint density at radius 1 is 1.35 bits per heavy atom. The molecular formula is C13H19FN2O. The van der Waals surface area contributed by atoms with Gasteiger partial charge in [0.15, 0.2) is 0 Å². The molecule has 0 spiro atoms. The number of carbonyl (C=O) groups excluding carboxylic acids is 1. The van der Waals surface area contributed by atoms with E-state index in [9.17, 15) is 9.18 Å². The summed E-state index contributed by atoms with van der Waals surface area (Å²) in [5, 5.41) is 5.59. The summed E-state index contributed by atoms with van der Waals surface area (Å²) in [6.45, 7) is 7.64. The van der Waals surface area contributed by atoms with Gasteiger partial charge in [-0.05, 0) is 45.4 Å². The molecule has 94 valence electrons. The molecule has 0 atom stereocenters. The first-order chi connectivity index (χ1) is 7.78. The Balaban J connectivity index is 2.56. The van der Waals surface area contributed by atoms with Crippen LogP contribution in [0.3, 0.4) is 0 Å². The Morgan fingerprint density at radius 3 is 2.59 bits per heavy atom. The number of benzene rings is 1. The number of anilines is 1. The van der Waals surface area contributed by atoms with Crippen LogP contribution in [0.2, 0.25) is 0 Å². The normalized spacial score (nSPS) is 11.1. The first kappa shape index (κ1) is 13.5. The van der Waals surface area contributed by atoms with Crippen LogP contribution in [0, 0.1) is 12.7 Å². The maximum atomic E-state index is 13.4. The van der Waals surface area contributed by atoms with E-state index >= 15 is 0 Å². The van der Waals surface area contributed by atoms with Gasteiger partial charge in [0.25, 0.3) is 0 Å². The highest BCUT2D eigenvalue weighted by atomic mass is 19.1. The smallest absolute Gasteiger partial charge is 0.239 e. The third kappa shape index (κ3) is 4.85. The third-order valence-corrected chi connectivity index (χ3v) is 2.08. The van der Waals surface area contributed by atoms with Crippen molar-refractivity contribution < 1.29 is 9.18 Å². The van der Waals surface area contributed by atoms with Crippen molar-refractivity contribution in [2.24, 2.45) is 0 Å². The molecule has 1 amide bonds. The van der Waals surface area contributed by atoms with E-state index in [0.717, 1.165) is 5.56 Å². The minimum atomic E-state index is -0.348. The van der Waals surface area contributed by atoms with Crippen molar-refractivity contribution in [2.75, 3.05) is 11.9 Å². The van der Waals surface area contributed by atoms with Crippen LogP contribution in [-0.2, 0) is 4.79 Å². The zero-order valence-electron chi connectivity index (χ0n) is 10.7. The van der Waals surface area contributed by atoms with Crippen molar-refractivity contribution in [3.8, 4) is 0 Å². The second-order valence-corrected chi connectivity index (χ2v) is 5.14. The number of nitrogens with one attached hydrogen (secondary N) is 2. The number of halogens is 1. The van der Waals surface area contributed by atoms with Crippen molar-refractivity contribution in [1.29, 1.82) is 0 Å². The molecule has 1 aromatic carbocycles. The highest BCUT2D eigenvalue weighted by Crippen LogP contribution is 2.15. The molecule has 0 radical (unpaired) electrons. The maximum Gasteiger partial charge on any atom is 0.239 e. The van der Waals surface area contributed by atoms with E-state index in [2.05, 4.69) is 10.6 Å². The molecule has 3 nitrogen and oxygen atoms in total. The van der Waals surface area contributed by atoms with Crippen molar-refractivity contribution in [1.82, 2.24) is 5.32 Å². The number of hydrogen-bond acceptors (Lipinski definition) is 2. The van der Waals surface area contributed by atoms with Crippen LogP contribution in [0.25, 0.3) is 0 Å². The molecule has 2 N–H and O–H groups in total. The van der Waals surface area contributed by atoms with Crippen LogP contribution < -0.4 is 10.6 Å². The molecule has 17 heavy (non-hydrogen) atoms. The van der Waals surface area contributed by atoms with Crippen LogP contribution in [0.1, 0.15) is 26.3 Å². The molecule has 0 bridgehead atoms. The lowest BCUT2D eigenvalue weighted by molar-refractivity contribution is -0.120. The molecule has 0 aliphatic rings. The lowest BCUT2D eigenvalue weighted by Gasteiger charge is -2.20. The number of rotatable bonds is 3. The fourth-order valence-electron chi connectivity index (χ4n) is 1.41. The van der Waals surface area contributed by atoms with E-state index in [1.54, 1.807) is 12.1 Å². The van der Waals surface area contributed by atoms with Gasteiger partial charge in [0.2, 0.25) is 5.91 Å². The summed E-state index contributed by atoms with van der Waals surface area (Å²) in [5.41, 5.74) is 1.03. The van der Waals surface area contributed by atoms with E-state index in [1.165, 1.54) is 6.07 Å². The van der Waals surface area contributed by atoms with Gasteiger partial charge < -0.3 is 10.6 Å². The minimum absolute atomic E-state index is 0.0671. The van der Waals surface area contributed by atoms with Crippen LogP contribution in [0.4, 0.5) is 10.1 Å². The lowest BCUT2D eigenvalue weighted by atomic mass is 10.1. The zero-order valence-corrected chi connectivity index (χ0v) is 10.7. The fourth-order valence-corrected chi connectivity index (χ4v) is 1.41. The average Bonchev–Trinajstić information content (AvgIpc) is 2.17. The topological polar surface area (TPSA) is 41.1 Å². The van der Waals surface area contributed by atoms with Crippen molar-refractivity contribution in [3.05, 3.63) is 29.6 Å². The van der Waals surface area contributed by atoms with Gasteiger partial charge in [0.1, 0.15) is 5.82 Å². The Kier molecular flexibility index (Phi) is 4.10. The van der Waals surface area contributed by atoms with Gasteiger partial charge in [-0.1, -0.05) is 6.07 Å². The van der Waals surface area contributed by atoms with E-state index < -0.39 is 0 Å². The molecule has 0 aliphatic heterocycles. The average molecular weight is 238 g/mol. The first-order valence-corrected chi connectivity index (χ1v) is 5.59. The Morgan fingerprint density at radius 2 is 2.00 bits per heavy atom. The monoisotopic (exact) mass is 238 g/mol. The first-order valence-electron chi connectivity index (χ1n) is 5.59. The molecule has 0 saturated carbocycles. The van der Waals surface area contributed by atoms with E-state index in [-0.39, 0.29) is 23.8 Å². The Bertz CT molecular complexity index is 410. The summed E-state index contributed by atoms with van der Waals surface area (Å²) in [6, 6.07) is 4.76. The summed E-state index contributed by atoms with van der Waals surface area (Å²) >= 11 is 0. The van der Waals surface area contributed by atoms with Crippen LogP contribution >= 0.6 is 0 Å². The highest BCUT2D eigenvalue weighted by molar-refractivity contribution is 5.81. The Labute approximate surface area is 101 Å². The molecule has 0 heterocycles. The summed E-state index contributed by atoms with van der Waals surface area (Å²) in [7, 11) is 0. The van der Waals surface area contributed by atoms with Gasteiger partial charge in [-0.25, -0.2) is 4.39 Å². The largest absolute Gasteiger partial charge is 0.374 e. The quantitative estimate of drug-likeness (QED) is 0.849. The number of aryl methyl sites for hydroxylation is 1. The second kappa shape index (κ2) is 5.17. The fraction of sp³-hybridized carbons (Fsp3) is 0.462. The molecule has 0 unspecified atom stereocenters. The van der Waals surface area contributed by atoms with E-state index in [1.807, 2.05) is 27.7 Å². The molecule has 1 rings (SSSR count). The van der Waals surface area contributed by atoms with Crippen molar-refractivity contribution in [2.45, 2.75) is 33.2 Å². The third-order valence-electron chi connectivity index (χ3n) is 2.08. The maximum absolute atomic E-state index is 13.4. The predicted octanol–water partition coefficient (Wildman–Crippen LogP) is 2.46. The molecule has 0 aliphatic carbocycles. The summed E-state index contributed by atoms with van der Waals surface area (Å²) in [6.07, 6.45) is 0. The van der Waals surface area contributed by atoms with Gasteiger partial charge in [0.05, 0.1) is 12.2 Å². The molecule has 0 fully saturated rings. The molecule has 0 aromatic heterocycles. The van der Waals surface area contributed by atoms with Crippen LogP contribution in [-0.4, -0.2) is 18.0 Å². The number of amides is 1. The summed E-state index contributed by atoms with van der Waals surface area (Å²) < 4.78 is 13.4.